The maximum absolute atomic E-state index is 14.0. The van der Waals surface area contributed by atoms with Gasteiger partial charge in [-0.2, -0.15) is 0 Å². The number of para-hydroxylation sites is 2. The van der Waals surface area contributed by atoms with Gasteiger partial charge in [-0.3, -0.25) is 14.2 Å². The first-order valence-corrected chi connectivity index (χ1v) is 12.9. The largest absolute Gasteiger partial charge is 0.496 e. The Morgan fingerprint density at radius 1 is 1.03 bits per heavy atom. The molecule has 37 heavy (non-hydrogen) atoms. The van der Waals surface area contributed by atoms with Crippen molar-refractivity contribution in [1.82, 2.24) is 9.47 Å². The molecule has 4 rings (SSSR count). The van der Waals surface area contributed by atoms with Crippen molar-refractivity contribution in [3.8, 4) is 17.2 Å². The van der Waals surface area contributed by atoms with Gasteiger partial charge in [0.05, 0.1) is 37.1 Å². The summed E-state index contributed by atoms with van der Waals surface area (Å²) in [6, 6.07) is 12.3. The molecule has 0 unspecified atom stereocenters. The van der Waals surface area contributed by atoms with E-state index in [2.05, 4.69) is 0 Å². The standard InChI is InChI=1S/C28H31N3O5S/c1-7-30(8-2)27(33)23-17(3)29-28-31(24(23)19-13-9-10-14-20(19)34-4)26(32)22(37-28)16-18-12-11-15-21(35-5)25(18)36-6/h9-16,24H,7-8H2,1-6H3/b22-16+/t24-/m0/s1. The molecule has 2 aromatic carbocycles. The second kappa shape index (κ2) is 11.0. The second-order valence-corrected chi connectivity index (χ2v) is 9.39. The normalized spacial score (nSPS) is 15.2. The first-order valence-electron chi connectivity index (χ1n) is 12.1. The molecule has 1 aromatic heterocycles. The van der Waals surface area contributed by atoms with E-state index < -0.39 is 6.04 Å². The Balaban J connectivity index is 2.01. The van der Waals surface area contributed by atoms with Crippen LogP contribution in [0, 0.1) is 0 Å². The molecule has 0 radical (unpaired) electrons. The monoisotopic (exact) mass is 521 g/mol. The fourth-order valence-electron chi connectivity index (χ4n) is 4.63. The van der Waals surface area contributed by atoms with E-state index in [9.17, 15) is 9.59 Å². The lowest BCUT2D eigenvalue weighted by molar-refractivity contribution is -0.127. The van der Waals surface area contributed by atoms with Crippen LogP contribution in [0.2, 0.25) is 0 Å². The van der Waals surface area contributed by atoms with Crippen LogP contribution in [-0.2, 0) is 4.79 Å². The minimum atomic E-state index is -0.685. The molecule has 3 aromatic rings. The molecular weight excluding hydrogens is 490 g/mol. The highest BCUT2D eigenvalue weighted by Crippen LogP contribution is 2.36. The molecule has 8 nitrogen and oxygen atoms in total. The zero-order valence-electron chi connectivity index (χ0n) is 21.9. The topological polar surface area (TPSA) is 82.4 Å². The average molecular weight is 522 g/mol. The maximum Gasteiger partial charge on any atom is 0.271 e. The molecule has 0 bridgehead atoms. The van der Waals surface area contributed by atoms with Gasteiger partial charge < -0.3 is 19.1 Å². The molecule has 2 heterocycles. The van der Waals surface area contributed by atoms with Crippen LogP contribution in [0.3, 0.4) is 0 Å². The molecule has 1 aliphatic heterocycles. The summed E-state index contributed by atoms with van der Waals surface area (Å²) >= 11 is 1.27. The first-order chi connectivity index (χ1) is 17.9. The molecule has 1 aliphatic rings. The number of aromatic nitrogens is 1. The fraction of sp³-hybridized carbons (Fsp3) is 0.321. The lowest BCUT2D eigenvalue weighted by atomic mass is 9.94. The molecule has 1 atom stereocenters. The molecule has 0 aliphatic carbocycles. The van der Waals surface area contributed by atoms with Crippen molar-refractivity contribution in [3.63, 3.8) is 0 Å². The van der Waals surface area contributed by atoms with Gasteiger partial charge in [0.25, 0.3) is 11.5 Å². The van der Waals surface area contributed by atoms with Gasteiger partial charge in [-0.05, 0) is 39.0 Å². The van der Waals surface area contributed by atoms with E-state index in [0.717, 1.165) is 5.56 Å². The Morgan fingerprint density at radius 3 is 2.35 bits per heavy atom. The van der Waals surface area contributed by atoms with Gasteiger partial charge in [-0.15, -0.1) is 0 Å². The number of hydrogen-bond donors (Lipinski definition) is 0. The molecule has 194 valence electrons. The number of ether oxygens (including phenoxy) is 3. The Labute approximate surface area is 219 Å². The third kappa shape index (κ3) is 4.67. The van der Waals surface area contributed by atoms with Gasteiger partial charge in [-0.25, -0.2) is 4.99 Å². The Morgan fingerprint density at radius 2 is 1.70 bits per heavy atom. The maximum atomic E-state index is 14.0. The number of rotatable bonds is 8. The van der Waals surface area contributed by atoms with E-state index in [1.165, 1.54) is 11.3 Å². The van der Waals surface area contributed by atoms with Crippen molar-refractivity contribution >= 4 is 23.3 Å². The third-order valence-corrected chi connectivity index (χ3v) is 7.44. The van der Waals surface area contributed by atoms with Gasteiger partial charge in [-0.1, -0.05) is 41.7 Å². The van der Waals surface area contributed by atoms with Crippen LogP contribution in [0.1, 0.15) is 37.9 Å². The number of allylic oxidation sites excluding steroid dienone is 1. The Kier molecular flexibility index (Phi) is 7.83. The van der Waals surface area contributed by atoms with Crippen LogP contribution in [-0.4, -0.2) is 49.8 Å². The van der Waals surface area contributed by atoms with Crippen molar-refractivity contribution in [1.29, 1.82) is 0 Å². The third-order valence-electron chi connectivity index (χ3n) is 6.46. The Hall–Kier alpha value is -3.85. The van der Waals surface area contributed by atoms with Crippen LogP contribution in [0.15, 0.2) is 63.5 Å². The van der Waals surface area contributed by atoms with Gasteiger partial charge in [0, 0.05) is 24.2 Å². The SMILES string of the molecule is CCN(CC)C(=O)C1=C(C)N=c2s/c(=C/c3cccc(OC)c3OC)c(=O)n2[C@H]1c1ccccc1OC. The molecule has 0 saturated heterocycles. The van der Waals surface area contributed by atoms with Crippen LogP contribution < -0.4 is 29.1 Å². The van der Waals surface area contributed by atoms with Gasteiger partial charge in [0.15, 0.2) is 16.3 Å². The molecule has 0 spiro atoms. The van der Waals surface area contributed by atoms with E-state index >= 15 is 0 Å². The molecule has 0 fully saturated rings. The van der Waals surface area contributed by atoms with Crippen LogP contribution in [0.5, 0.6) is 17.2 Å². The number of benzene rings is 2. The number of methoxy groups -OCH3 is 3. The highest BCUT2D eigenvalue weighted by Gasteiger charge is 2.35. The van der Waals surface area contributed by atoms with E-state index in [4.69, 9.17) is 19.2 Å². The highest BCUT2D eigenvalue weighted by molar-refractivity contribution is 7.07. The summed E-state index contributed by atoms with van der Waals surface area (Å²) in [5.41, 5.74) is 2.23. The Bertz CT molecular complexity index is 1530. The van der Waals surface area contributed by atoms with Crippen molar-refractivity contribution in [3.05, 3.63) is 84.5 Å². The second-order valence-electron chi connectivity index (χ2n) is 8.38. The summed E-state index contributed by atoms with van der Waals surface area (Å²) in [5.74, 6) is 1.55. The van der Waals surface area contributed by atoms with Crippen molar-refractivity contribution < 1.29 is 19.0 Å². The van der Waals surface area contributed by atoms with Gasteiger partial charge in [0.1, 0.15) is 11.8 Å². The molecule has 0 N–H and O–H groups in total. The minimum absolute atomic E-state index is 0.147. The quantitative estimate of drug-likeness (QED) is 0.455. The predicted octanol–water partition coefficient (Wildman–Crippen LogP) is 3.13. The molecule has 0 saturated carbocycles. The minimum Gasteiger partial charge on any atom is -0.496 e. The van der Waals surface area contributed by atoms with Crippen LogP contribution in [0.25, 0.3) is 6.08 Å². The van der Waals surface area contributed by atoms with E-state index in [0.29, 0.717) is 56.5 Å². The summed E-state index contributed by atoms with van der Waals surface area (Å²) in [6.07, 6.45) is 1.77. The zero-order valence-corrected chi connectivity index (χ0v) is 22.7. The van der Waals surface area contributed by atoms with E-state index in [1.54, 1.807) is 42.9 Å². The number of amides is 1. The lowest BCUT2D eigenvalue weighted by Gasteiger charge is -2.29. The summed E-state index contributed by atoms with van der Waals surface area (Å²) in [7, 11) is 4.72. The molecule has 1 amide bonds. The molecular formula is C28H31N3O5S. The van der Waals surface area contributed by atoms with Crippen molar-refractivity contribution in [2.24, 2.45) is 4.99 Å². The number of carbonyl (C=O) groups excluding carboxylic acids is 1. The summed E-state index contributed by atoms with van der Waals surface area (Å²) in [6.45, 7) is 6.79. The first kappa shape index (κ1) is 26.2. The number of carbonyl (C=O) groups is 1. The number of likely N-dealkylation sites (N-methyl/N-ethyl adjacent to an activating group) is 1. The zero-order chi connectivity index (χ0) is 26.7. The highest BCUT2D eigenvalue weighted by atomic mass is 32.1. The van der Waals surface area contributed by atoms with Crippen molar-refractivity contribution in [2.45, 2.75) is 26.8 Å². The predicted molar refractivity (Wildman–Crippen MR) is 144 cm³/mol. The van der Waals surface area contributed by atoms with Crippen LogP contribution in [0.4, 0.5) is 0 Å². The fourth-order valence-corrected chi connectivity index (χ4v) is 5.67. The summed E-state index contributed by atoms with van der Waals surface area (Å²) in [4.78, 5) is 34.7. The van der Waals surface area contributed by atoms with Crippen molar-refractivity contribution in [2.75, 3.05) is 34.4 Å². The smallest absolute Gasteiger partial charge is 0.271 e. The van der Waals surface area contributed by atoms with E-state index in [-0.39, 0.29) is 11.5 Å². The van der Waals surface area contributed by atoms with Gasteiger partial charge in [0.2, 0.25) is 0 Å². The number of fused-ring (bicyclic) bond motifs is 1. The summed E-state index contributed by atoms with van der Waals surface area (Å²) < 4.78 is 18.7. The summed E-state index contributed by atoms with van der Waals surface area (Å²) in [5, 5.41) is 0. The van der Waals surface area contributed by atoms with Gasteiger partial charge >= 0.3 is 0 Å². The average Bonchev–Trinajstić information content (AvgIpc) is 3.22. The van der Waals surface area contributed by atoms with Crippen LogP contribution >= 0.6 is 11.3 Å². The van der Waals surface area contributed by atoms with E-state index in [1.807, 2.05) is 57.2 Å². The number of thiazole rings is 1. The molecule has 9 heteroatoms. The number of nitrogens with zero attached hydrogens (tertiary/aromatic N) is 3. The lowest BCUT2D eigenvalue weighted by Crippen LogP contribution is -2.43. The number of hydrogen-bond acceptors (Lipinski definition) is 7.